The lowest BCUT2D eigenvalue weighted by Gasteiger charge is -2.32. The number of Topliss-reactive ketones (excluding diaryl/α,β-unsaturated/α-hetero) is 1. The van der Waals surface area contributed by atoms with Crippen LogP contribution in [0, 0.1) is 11.8 Å². The van der Waals surface area contributed by atoms with Crippen LogP contribution in [0.1, 0.15) is 24.9 Å². The number of benzene rings is 2. The number of halogens is 1. The Bertz CT molecular complexity index is 985. The number of carbonyl (C=O) groups is 2. The van der Waals surface area contributed by atoms with Gasteiger partial charge in [-0.1, -0.05) is 42.8 Å². The number of para-hydroxylation sites is 2. The lowest BCUT2D eigenvalue weighted by atomic mass is 9.75. The van der Waals surface area contributed by atoms with E-state index in [4.69, 9.17) is 16.3 Å². The molecule has 0 spiro atoms. The summed E-state index contributed by atoms with van der Waals surface area (Å²) in [6.45, 7) is 1.91. The Morgan fingerprint density at radius 3 is 2.61 bits per heavy atom. The van der Waals surface area contributed by atoms with Crippen molar-refractivity contribution in [2.24, 2.45) is 11.8 Å². The third-order valence-corrected chi connectivity index (χ3v) is 5.64. The molecule has 1 aliphatic carbocycles. The largest absolute Gasteiger partial charge is 0.468 e. The highest BCUT2D eigenvalue weighted by Crippen LogP contribution is 2.43. The van der Waals surface area contributed by atoms with Crippen molar-refractivity contribution in [3.63, 3.8) is 0 Å². The molecule has 0 saturated heterocycles. The van der Waals surface area contributed by atoms with E-state index in [2.05, 4.69) is 10.6 Å². The molecule has 0 bridgehead atoms. The van der Waals surface area contributed by atoms with E-state index in [1.54, 1.807) is 6.07 Å². The summed E-state index contributed by atoms with van der Waals surface area (Å²) < 4.78 is 4.92. The molecule has 3 atom stereocenters. The van der Waals surface area contributed by atoms with Crippen LogP contribution in [0.4, 0.5) is 11.4 Å². The van der Waals surface area contributed by atoms with E-state index in [0.29, 0.717) is 17.0 Å². The average molecular weight is 397 g/mol. The number of ether oxygens (including phenoxy) is 1. The quantitative estimate of drug-likeness (QED) is 0.575. The van der Waals surface area contributed by atoms with Crippen molar-refractivity contribution in [1.29, 1.82) is 0 Å². The summed E-state index contributed by atoms with van der Waals surface area (Å²) in [7, 11) is 1.32. The van der Waals surface area contributed by atoms with Crippen LogP contribution < -0.4 is 10.6 Å². The molecule has 2 aromatic rings. The van der Waals surface area contributed by atoms with E-state index in [1.807, 2.05) is 49.4 Å². The number of rotatable bonds is 2. The van der Waals surface area contributed by atoms with Gasteiger partial charge in [-0.05, 0) is 42.2 Å². The molecular weight excluding hydrogens is 376 g/mol. The van der Waals surface area contributed by atoms with Gasteiger partial charge in [0, 0.05) is 16.3 Å². The highest BCUT2D eigenvalue weighted by Gasteiger charge is 2.44. The summed E-state index contributed by atoms with van der Waals surface area (Å²) in [6.07, 6.45) is 0.577. The van der Waals surface area contributed by atoms with Gasteiger partial charge >= 0.3 is 5.97 Å². The first-order chi connectivity index (χ1) is 13.5. The smallest absolute Gasteiger partial charge is 0.316 e. The number of ketones is 1. The van der Waals surface area contributed by atoms with Crippen LogP contribution in [0.15, 0.2) is 59.8 Å². The zero-order valence-corrected chi connectivity index (χ0v) is 16.4. The highest BCUT2D eigenvalue weighted by molar-refractivity contribution is 6.30. The van der Waals surface area contributed by atoms with Crippen molar-refractivity contribution in [3.05, 3.63) is 70.4 Å². The van der Waals surface area contributed by atoms with Crippen LogP contribution in [0.3, 0.4) is 0 Å². The number of hydrogen-bond donors (Lipinski definition) is 2. The molecule has 0 aromatic heterocycles. The fourth-order valence-electron chi connectivity index (χ4n) is 4.07. The molecule has 4 rings (SSSR count). The predicted molar refractivity (Wildman–Crippen MR) is 109 cm³/mol. The molecule has 0 amide bonds. The first-order valence-corrected chi connectivity index (χ1v) is 9.60. The maximum absolute atomic E-state index is 13.5. The van der Waals surface area contributed by atoms with Gasteiger partial charge in [-0.25, -0.2) is 0 Å². The van der Waals surface area contributed by atoms with Crippen LogP contribution >= 0.6 is 11.6 Å². The molecule has 0 radical (unpaired) electrons. The second-order valence-electron chi connectivity index (χ2n) is 7.24. The lowest BCUT2D eigenvalue weighted by molar-refractivity contribution is -0.151. The lowest BCUT2D eigenvalue weighted by Crippen LogP contribution is -2.39. The van der Waals surface area contributed by atoms with Crippen molar-refractivity contribution in [1.82, 2.24) is 0 Å². The van der Waals surface area contributed by atoms with Crippen molar-refractivity contribution in [2.75, 3.05) is 17.7 Å². The minimum Gasteiger partial charge on any atom is -0.468 e. The molecule has 1 aliphatic heterocycles. The van der Waals surface area contributed by atoms with Crippen molar-refractivity contribution in [3.8, 4) is 0 Å². The Labute approximate surface area is 168 Å². The number of hydrogen-bond acceptors (Lipinski definition) is 5. The highest BCUT2D eigenvalue weighted by atomic mass is 35.5. The average Bonchev–Trinajstić information content (AvgIpc) is 2.84. The second kappa shape index (κ2) is 7.32. The fourth-order valence-corrected chi connectivity index (χ4v) is 4.27. The number of esters is 1. The van der Waals surface area contributed by atoms with Crippen molar-refractivity contribution in [2.45, 2.75) is 19.4 Å². The molecule has 0 fully saturated rings. The fraction of sp³-hybridized carbons (Fsp3) is 0.273. The number of fused-ring (bicyclic) bond motifs is 1. The van der Waals surface area contributed by atoms with E-state index in [-0.39, 0.29) is 11.7 Å². The standard InChI is InChI=1S/C22H21ClN2O3/c1-12-10-17-19(21(26)18(12)22(27)28-2)20(13-6-5-7-14(23)11-13)25-16-9-4-3-8-15(16)24-17/h3-9,11-12,18,20,24-25H,10H2,1-2H3/t12-,18-,20+/m1/s1. The van der Waals surface area contributed by atoms with Crippen LogP contribution in [0.25, 0.3) is 0 Å². The maximum Gasteiger partial charge on any atom is 0.316 e. The zero-order chi connectivity index (χ0) is 19.8. The first-order valence-electron chi connectivity index (χ1n) is 9.22. The Morgan fingerprint density at radius 2 is 1.89 bits per heavy atom. The SMILES string of the molecule is COC(=O)[C@H]1C(=O)C2=C(C[C@H]1C)Nc1ccccc1N[C@H]2c1cccc(Cl)c1. The van der Waals surface area contributed by atoms with Gasteiger partial charge in [-0.2, -0.15) is 0 Å². The molecular formula is C22H21ClN2O3. The number of carbonyl (C=O) groups excluding carboxylic acids is 2. The summed E-state index contributed by atoms with van der Waals surface area (Å²) in [5.41, 5.74) is 4.05. The van der Waals surface area contributed by atoms with Gasteiger partial charge in [0.15, 0.2) is 5.78 Å². The van der Waals surface area contributed by atoms with Gasteiger partial charge in [0.1, 0.15) is 5.92 Å². The van der Waals surface area contributed by atoms with Crippen molar-refractivity contribution >= 4 is 34.7 Å². The van der Waals surface area contributed by atoms with Gasteiger partial charge in [-0.15, -0.1) is 0 Å². The number of allylic oxidation sites excluding steroid dienone is 1. The first kappa shape index (κ1) is 18.6. The minimum absolute atomic E-state index is 0.156. The molecule has 2 aliphatic rings. The molecule has 0 unspecified atom stereocenters. The molecule has 6 heteroatoms. The zero-order valence-electron chi connectivity index (χ0n) is 15.7. The van der Waals surface area contributed by atoms with E-state index in [0.717, 1.165) is 22.6 Å². The maximum atomic E-state index is 13.5. The van der Waals surface area contributed by atoms with Crippen LogP contribution in [-0.2, 0) is 14.3 Å². The molecule has 28 heavy (non-hydrogen) atoms. The molecule has 0 saturated carbocycles. The van der Waals surface area contributed by atoms with E-state index in [1.165, 1.54) is 7.11 Å². The molecule has 2 N–H and O–H groups in total. The number of anilines is 2. The van der Waals surface area contributed by atoms with Crippen LogP contribution in [-0.4, -0.2) is 18.9 Å². The third-order valence-electron chi connectivity index (χ3n) is 5.41. The van der Waals surface area contributed by atoms with Gasteiger partial charge < -0.3 is 15.4 Å². The Hall–Kier alpha value is -2.79. The van der Waals surface area contributed by atoms with Gasteiger partial charge in [0.05, 0.1) is 24.5 Å². The Kier molecular flexibility index (Phi) is 4.85. The Balaban J connectivity index is 1.88. The van der Waals surface area contributed by atoms with Gasteiger partial charge in [-0.3, -0.25) is 9.59 Å². The second-order valence-corrected chi connectivity index (χ2v) is 7.68. The third kappa shape index (κ3) is 3.16. The summed E-state index contributed by atoms with van der Waals surface area (Å²) in [5.74, 6) is -1.67. The summed E-state index contributed by atoms with van der Waals surface area (Å²) in [5, 5.41) is 7.49. The van der Waals surface area contributed by atoms with Crippen LogP contribution in [0.2, 0.25) is 5.02 Å². The van der Waals surface area contributed by atoms with Gasteiger partial charge in [0.25, 0.3) is 0 Å². The van der Waals surface area contributed by atoms with E-state index < -0.39 is 17.9 Å². The molecule has 2 aromatic carbocycles. The number of methoxy groups -OCH3 is 1. The topological polar surface area (TPSA) is 67.4 Å². The summed E-state index contributed by atoms with van der Waals surface area (Å²) in [4.78, 5) is 25.8. The normalized spacial score (nSPS) is 23.7. The van der Waals surface area contributed by atoms with E-state index in [9.17, 15) is 9.59 Å². The van der Waals surface area contributed by atoms with Gasteiger partial charge in [0.2, 0.25) is 0 Å². The number of nitrogens with one attached hydrogen (secondary N) is 2. The molecule has 1 heterocycles. The van der Waals surface area contributed by atoms with Crippen LogP contribution in [0.5, 0.6) is 0 Å². The molecule has 5 nitrogen and oxygen atoms in total. The monoisotopic (exact) mass is 396 g/mol. The van der Waals surface area contributed by atoms with E-state index >= 15 is 0 Å². The minimum atomic E-state index is -0.810. The Morgan fingerprint density at radius 1 is 1.14 bits per heavy atom. The summed E-state index contributed by atoms with van der Waals surface area (Å²) >= 11 is 6.22. The molecule has 144 valence electrons. The predicted octanol–water partition coefficient (Wildman–Crippen LogP) is 4.57. The summed E-state index contributed by atoms with van der Waals surface area (Å²) in [6, 6.07) is 14.8. The van der Waals surface area contributed by atoms with Crippen molar-refractivity contribution < 1.29 is 14.3 Å².